The van der Waals surface area contributed by atoms with Crippen molar-refractivity contribution >= 4 is 17.7 Å². The molecule has 0 spiro atoms. The molecule has 0 fully saturated rings. The van der Waals surface area contributed by atoms with Gasteiger partial charge in [-0.2, -0.15) is 0 Å². The number of aromatic carboxylic acids is 1. The lowest BCUT2D eigenvalue weighted by molar-refractivity contribution is 0.0696. The maximum atomic E-state index is 13.1. The first-order valence-corrected chi connectivity index (χ1v) is 6.44. The molecule has 5 heteroatoms. The first-order valence-electron chi connectivity index (χ1n) is 5.28. The summed E-state index contributed by atoms with van der Waals surface area (Å²) in [6.45, 7) is 0. The summed E-state index contributed by atoms with van der Waals surface area (Å²) in [6.07, 6.45) is 1.58. The Hall–Kier alpha value is -1.75. The molecule has 0 bridgehead atoms. The molecule has 18 heavy (non-hydrogen) atoms. The van der Waals surface area contributed by atoms with E-state index in [1.165, 1.54) is 23.9 Å². The third kappa shape index (κ3) is 3.13. The molecular weight excluding hydrogens is 255 g/mol. The molecule has 2 rings (SSSR count). The zero-order valence-corrected chi connectivity index (χ0v) is 10.2. The molecule has 0 unspecified atom stereocenters. The van der Waals surface area contributed by atoms with Gasteiger partial charge < -0.3 is 9.52 Å². The molecule has 1 aromatic heterocycles. The maximum Gasteiger partial charge on any atom is 0.335 e. The Balaban J connectivity index is 2.03. The van der Waals surface area contributed by atoms with E-state index >= 15 is 0 Å². The van der Waals surface area contributed by atoms with Crippen LogP contribution in [0.4, 0.5) is 4.39 Å². The van der Waals surface area contributed by atoms with Crippen LogP contribution >= 0.6 is 11.8 Å². The van der Waals surface area contributed by atoms with E-state index in [0.717, 1.165) is 11.8 Å². The summed E-state index contributed by atoms with van der Waals surface area (Å²) in [5, 5.41) is 8.99. The summed E-state index contributed by atoms with van der Waals surface area (Å²) in [6, 6.07) is 7.35. The smallest absolute Gasteiger partial charge is 0.335 e. The Bertz CT molecular complexity index is 537. The molecule has 94 valence electrons. The molecule has 2 aromatic rings. The third-order valence-electron chi connectivity index (χ3n) is 2.38. The summed E-state index contributed by atoms with van der Waals surface area (Å²) in [4.78, 5) is 11.0. The largest absolute Gasteiger partial charge is 0.478 e. The number of carboxylic acids is 1. The predicted molar refractivity (Wildman–Crippen MR) is 67.1 cm³/mol. The zero-order chi connectivity index (χ0) is 13.0. The summed E-state index contributed by atoms with van der Waals surface area (Å²) in [5.74, 6) is 0.410. The van der Waals surface area contributed by atoms with Crippen molar-refractivity contribution in [2.45, 2.75) is 11.5 Å². The van der Waals surface area contributed by atoms with Crippen LogP contribution in [-0.4, -0.2) is 11.1 Å². The molecule has 3 nitrogen and oxygen atoms in total. The fraction of sp³-hybridized carbons (Fsp3) is 0.154. The van der Waals surface area contributed by atoms with Gasteiger partial charge in [0, 0.05) is 5.75 Å². The Labute approximate surface area is 108 Å². The van der Waals surface area contributed by atoms with Crippen LogP contribution in [-0.2, 0) is 11.5 Å². The zero-order valence-electron chi connectivity index (χ0n) is 9.43. The Kier molecular flexibility index (Phi) is 4.04. The van der Waals surface area contributed by atoms with Crippen molar-refractivity contribution in [3.63, 3.8) is 0 Å². The second-order valence-electron chi connectivity index (χ2n) is 3.68. The quantitative estimate of drug-likeness (QED) is 0.899. The van der Waals surface area contributed by atoms with Crippen LogP contribution in [0.15, 0.2) is 41.0 Å². The number of benzene rings is 1. The van der Waals surface area contributed by atoms with E-state index in [-0.39, 0.29) is 5.56 Å². The van der Waals surface area contributed by atoms with Crippen molar-refractivity contribution in [1.29, 1.82) is 0 Å². The SMILES string of the molecule is O=C(O)c1ccc(F)cc1CSCc1ccco1. The van der Waals surface area contributed by atoms with Crippen LogP contribution < -0.4 is 0 Å². The van der Waals surface area contributed by atoms with Gasteiger partial charge in [0.1, 0.15) is 11.6 Å². The topological polar surface area (TPSA) is 50.4 Å². The number of rotatable bonds is 5. The highest BCUT2D eigenvalue weighted by molar-refractivity contribution is 7.97. The molecule has 0 aliphatic rings. The summed E-state index contributed by atoms with van der Waals surface area (Å²) in [7, 11) is 0. The summed E-state index contributed by atoms with van der Waals surface area (Å²) in [5.41, 5.74) is 0.627. The van der Waals surface area contributed by atoms with Crippen LogP contribution in [0.5, 0.6) is 0 Å². The van der Waals surface area contributed by atoms with Gasteiger partial charge in [0.05, 0.1) is 17.6 Å². The molecule has 1 N–H and O–H groups in total. The van der Waals surface area contributed by atoms with Gasteiger partial charge in [-0.15, -0.1) is 11.8 Å². The lowest BCUT2D eigenvalue weighted by Crippen LogP contribution is -2.02. The van der Waals surface area contributed by atoms with Gasteiger partial charge in [-0.25, -0.2) is 9.18 Å². The van der Waals surface area contributed by atoms with Crippen LogP contribution in [0, 0.1) is 5.82 Å². The number of hydrogen-bond donors (Lipinski definition) is 1. The highest BCUT2D eigenvalue weighted by atomic mass is 32.2. The standard InChI is InChI=1S/C13H11FO3S/c14-10-3-4-12(13(15)16)9(6-10)7-18-8-11-2-1-5-17-11/h1-6H,7-8H2,(H,15,16). The van der Waals surface area contributed by atoms with Gasteiger partial charge in [-0.3, -0.25) is 0 Å². The number of carbonyl (C=O) groups is 1. The predicted octanol–water partition coefficient (Wildman–Crippen LogP) is 3.55. The Morgan fingerprint density at radius 3 is 2.83 bits per heavy atom. The molecule has 0 saturated heterocycles. The second kappa shape index (κ2) is 5.73. The first-order chi connectivity index (χ1) is 8.66. The first kappa shape index (κ1) is 12.7. The third-order valence-corrected chi connectivity index (χ3v) is 3.38. The lowest BCUT2D eigenvalue weighted by atomic mass is 10.1. The minimum Gasteiger partial charge on any atom is -0.478 e. The Morgan fingerprint density at radius 1 is 1.33 bits per heavy atom. The maximum absolute atomic E-state index is 13.1. The second-order valence-corrected chi connectivity index (χ2v) is 4.66. The average molecular weight is 266 g/mol. The van der Waals surface area contributed by atoms with E-state index in [1.54, 1.807) is 12.3 Å². The molecule has 0 aliphatic carbocycles. The molecule has 0 radical (unpaired) electrons. The minimum absolute atomic E-state index is 0.142. The van der Waals surface area contributed by atoms with Gasteiger partial charge in [-0.05, 0) is 35.9 Å². The highest BCUT2D eigenvalue weighted by Gasteiger charge is 2.11. The molecule has 1 aromatic carbocycles. The van der Waals surface area contributed by atoms with Gasteiger partial charge >= 0.3 is 5.97 Å². The van der Waals surface area contributed by atoms with E-state index in [1.807, 2.05) is 6.07 Å². The fourth-order valence-corrected chi connectivity index (χ4v) is 2.47. The van der Waals surface area contributed by atoms with Gasteiger partial charge in [0.2, 0.25) is 0 Å². The Morgan fingerprint density at radius 2 is 2.17 bits per heavy atom. The van der Waals surface area contributed by atoms with E-state index in [4.69, 9.17) is 9.52 Å². The van der Waals surface area contributed by atoms with Crippen LogP contribution in [0.1, 0.15) is 21.7 Å². The van der Waals surface area contributed by atoms with Crippen molar-refractivity contribution in [1.82, 2.24) is 0 Å². The van der Waals surface area contributed by atoms with E-state index in [2.05, 4.69) is 0 Å². The van der Waals surface area contributed by atoms with E-state index in [9.17, 15) is 9.18 Å². The number of thioether (sulfide) groups is 1. The van der Waals surface area contributed by atoms with Crippen LogP contribution in [0.2, 0.25) is 0 Å². The van der Waals surface area contributed by atoms with Gasteiger partial charge in [0.15, 0.2) is 0 Å². The van der Waals surface area contributed by atoms with Crippen molar-refractivity contribution in [3.8, 4) is 0 Å². The van der Waals surface area contributed by atoms with Crippen molar-refractivity contribution in [3.05, 3.63) is 59.3 Å². The van der Waals surface area contributed by atoms with Crippen molar-refractivity contribution in [2.24, 2.45) is 0 Å². The van der Waals surface area contributed by atoms with Crippen LogP contribution in [0.25, 0.3) is 0 Å². The molecule has 0 saturated carbocycles. The van der Waals surface area contributed by atoms with Crippen molar-refractivity contribution < 1.29 is 18.7 Å². The lowest BCUT2D eigenvalue weighted by Gasteiger charge is -2.05. The highest BCUT2D eigenvalue weighted by Crippen LogP contribution is 2.21. The van der Waals surface area contributed by atoms with Crippen LogP contribution in [0.3, 0.4) is 0 Å². The summed E-state index contributed by atoms with van der Waals surface area (Å²) >= 11 is 1.48. The normalized spacial score (nSPS) is 10.5. The minimum atomic E-state index is -1.04. The number of furan rings is 1. The molecule has 1 heterocycles. The fourth-order valence-electron chi connectivity index (χ4n) is 1.55. The number of hydrogen-bond acceptors (Lipinski definition) is 3. The molecule has 0 atom stereocenters. The monoisotopic (exact) mass is 266 g/mol. The van der Waals surface area contributed by atoms with E-state index < -0.39 is 11.8 Å². The van der Waals surface area contributed by atoms with Crippen molar-refractivity contribution in [2.75, 3.05) is 0 Å². The van der Waals surface area contributed by atoms with Gasteiger partial charge in [0.25, 0.3) is 0 Å². The van der Waals surface area contributed by atoms with Gasteiger partial charge in [-0.1, -0.05) is 0 Å². The summed E-state index contributed by atoms with van der Waals surface area (Å²) < 4.78 is 18.3. The average Bonchev–Trinajstić information content (AvgIpc) is 2.82. The molecular formula is C13H11FO3S. The molecule has 0 amide bonds. The van der Waals surface area contributed by atoms with E-state index in [0.29, 0.717) is 17.1 Å². The number of carboxylic acid groups (broad SMARTS) is 1. The molecule has 0 aliphatic heterocycles. The number of halogens is 1.